The monoisotopic (exact) mass is 384 g/mol. The van der Waals surface area contributed by atoms with Crippen molar-refractivity contribution in [2.75, 3.05) is 6.61 Å². The molecule has 0 fully saturated rings. The van der Waals surface area contributed by atoms with Crippen LogP contribution < -0.4 is 4.74 Å². The van der Waals surface area contributed by atoms with Crippen molar-refractivity contribution in [3.63, 3.8) is 0 Å². The summed E-state index contributed by atoms with van der Waals surface area (Å²) in [6.45, 7) is 3.79. The summed E-state index contributed by atoms with van der Waals surface area (Å²) in [5.41, 5.74) is 0.876. The summed E-state index contributed by atoms with van der Waals surface area (Å²) < 4.78 is 11.6. The maximum atomic E-state index is 11.6. The SMILES string of the molecule is CCOC(=O)c1cnc(Oc2ccc(I)cc2)nc1C. The van der Waals surface area contributed by atoms with Crippen LogP contribution in [0.3, 0.4) is 0 Å². The zero-order valence-corrected chi connectivity index (χ0v) is 13.2. The van der Waals surface area contributed by atoms with Crippen molar-refractivity contribution >= 4 is 28.6 Å². The van der Waals surface area contributed by atoms with E-state index in [0.717, 1.165) is 3.57 Å². The minimum absolute atomic E-state index is 0.205. The van der Waals surface area contributed by atoms with Gasteiger partial charge in [-0.1, -0.05) is 0 Å². The van der Waals surface area contributed by atoms with Crippen LogP contribution in [0, 0.1) is 10.5 Å². The second kappa shape index (κ2) is 6.65. The number of aromatic nitrogens is 2. The molecule has 1 heterocycles. The minimum atomic E-state index is -0.425. The molecule has 0 saturated heterocycles. The third-order valence-corrected chi connectivity index (χ3v) is 3.19. The van der Waals surface area contributed by atoms with Gasteiger partial charge in [-0.05, 0) is 60.7 Å². The van der Waals surface area contributed by atoms with Crippen molar-refractivity contribution in [1.29, 1.82) is 0 Å². The lowest BCUT2D eigenvalue weighted by molar-refractivity contribution is 0.0524. The van der Waals surface area contributed by atoms with E-state index >= 15 is 0 Å². The van der Waals surface area contributed by atoms with Crippen LogP contribution in [0.25, 0.3) is 0 Å². The van der Waals surface area contributed by atoms with Gasteiger partial charge in [-0.25, -0.2) is 9.78 Å². The molecule has 0 aliphatic heterocycles. The van der Waals surface area contributed by atoms with Crippen molar-refractivity contribution in [2.45, 2.75) is 13.8 Å². The number of halogens is 1. The van der Waals surface area contributed by atoms with Gasteiger partial charge in [0.1, 0.15) is 5.75 Å². The van der Waals surface area contributed by atoms with Gasteiger partial charge in [0.2, 0.25) is 0 Å². The van der Waals surface area contributed by atoms with Gasteiger partial charge in [-0.2, -0.15) is 4.98 Å². The first-order valence-electron chi connectivity index (χ1n) is 6.04. The maximum absolute atomic E-state index is 11.6. The Morgan fingerprint density at radius 3 is 2.60 bits per heavy atom. The Bertz CT molecular complexity index is 614. The third kappa shape index (κ3) is 3.66. The van der Waals surface area contributed by atoms with Gasteiger partial charge in [-0.15, -0.1) is 0 Å². The van der Waals surface area contributed by atoms with E-state index in [0.29, 0.717) is 23.6 Å². The maximum Gasteiger partial charge on any atom is 0.341 e. The molecule has 2 aromatic rings. The molecule has 1 aromatic heterocycles. The Balaban J connectivity index is 2.16. The topological polar surface area (TPSA) is 61.3 Å². The average molecular weight is 384 g/mol. The summed E-state index contributed by atoms with van der Waals surface area (Å²) >= 11 is 2.21. The van der Waals surface area contributed by atoms with Crippen LogP contribution in [0.2, 0.25) is 0 Å². The number of aryl methyl sites for hydroxylation is 1. The number of benzene rings is 1. The fourth-order valence-corrected chi connectivity index (χ4v) is 1.87. The van der Waals surface area contributed by atoms with Crippen LogP contribution in [0.5, 0.6) is 11.8 Å². The molecular weight excluding hydrogens is 371 g/mol. The number of ether oxygens (including phenoxy) is 2. The minimum Gasteiger partial charge on any atom is -0.462 e. The Hall–Kier alpha value is -1.70. The second-order valence-electron chi connectivity index (χ2n) is 3.93. The zero-order chi connectivity index (χ0) is 14.5. The number of carbonyl (C=O) groups excluding carboxylic acids is 1. The van der Waals surface area contributed by atoms with Gasteiger partial charge in [0.15, 0.2) is 0 Å². The highest BCUT2D eigenvalue weighted by molar-refractivity contribution is 14.1. The molecule has 5 nitrogen and oxygen atoms in total. The Morgan fingerprint density at radius 1 is 1.30 bits per heavy atom. The van der Waals surface area contributed by atoms with E-state index in [2.05, 4.69) is 32.6 Å². The molecule has 0 atom stereocenters. The molecule has 0 radical (unpaired) electrons. The van der Waals surface area contributed by atoms with Crippen LogP contribution >= 0.6 is 22.6 Å². The molecule has 0 bridgehead atoms. The van der Waals surface area contributed by atoms with Crippen LogP contribution in [-0.4, -0.2) is 22.5 Å². The highest BCUT2D eigenvalue weighted by atomic mass is 127. The van der Waals surface area contributed by atoms with Gasteiger partial charge < -0.3 is 9.47 Å². The summed E-state index contributed by atoms with van der Waals surface area (Å²) in [7, 11) is 0. The van der Waals surface area contributed by atoms with E-state index in [1.54, 1.807) is 13.8 Å². The average Bonchev–Trinajstić information content (AvgIpc) is 2.42. The van der Waals surface area contributed by atoms with Gasteiger partial charge in [-0.3, -0.25) is 0 Å². The molecule has 0 aliphatic rings. The molecule has 0 unspecified atom stereocenters. The molecule has 2 rings (SSSR count). The van der Waals surface area contributed by atoms with Crippen molar-refractivity contribution in [3.8, 4) is 11.8 Å². The van der Waals surface area contributed by atoms with Gasteiger partial charge >= 0.3 is 12.0 Å². The summed E-state index contributed by atoms with van der Waals surface area (Å²) in [5, 5.41) is 0. The van der Waals surface area contributed by atoms with Crippen molar-refractivity contribution in [1.82, 2.24) is 9.97 Å². The predicted molar refractivity (Wildman–Crippen MR) is 82.0 cm³/mol. The molecular formula is C14H13IN2O3. The van der Waals surface area contributed by atoms with E-state index in [-0.39, 0.29) is 6.01 Å². The normalized spacial score (nSPS) is 10.2. The fraction of sp³-hybridized carbons (Fsp3) is 0.214. The first-order valence-corrected chi connectivity index (χ1v) is 7.12. The number of carbonyl (C=O) groups is 1. The molecule has 1 aromatic carbocycles. The Kier molecular flexibility index (Phi) is 4.89. The Morgan fingerprint density at radius 2 is 2.00 bits per heavy atom. The lowest BCUT2D eigenvalue weighted by Crippen LogP contribution is -2.09. The second-order valence-corrected chi connectivity index (χ2v) is 5.17. The number of rotatable bonds is 4. The number of esters is 1. The molecule has 104 valence electrons. The first-order chi connectivity index (χ1) is 9.60. The summed E-state index contributed by atoms with van der Waals surface area (Å²) in [6.07, 6.45) is 1.42. The Labute approximate surface area is 130 Å². The van der Waals surface area contributed by atoms with Gasteiger partial charge in [0.25, 0.3) is 0 Å². The lowest BCUT2D eigenvalue weighted by Gasteiger charge is -2.07. The van der Waals surface area contributed by atoms with Crippen molar-refractivity contribution in [3.05, 3.63) is 45.3 Å². The van der Waals surface area contributed by atoms with Gasteiger partial charge in [0.05, 0.1) is 17.9 Å². The summed E-state index contributed by atoms with van der Waals surface area (Å²) in [5.74, 6) is 0.222. The number of hydrogen-bond donors (Lipinski definition) is 0. The number of hydrogen-bond acceptors (Lipinski definition) is 5. The number of nitrogens with zero attached hydrogens (tertiary/aromatic N) is 2. The molecule has 0 spiro atoms. The third-order valence-electron chi connectivity index (χ3n) is 2.48. The van der Waals surface area contributed by atoms with Crippen molar-refractivity contribution < 1.29 is 14.3 Å². The van der Waals surface area contributed by atoms with Crippen LogP contribution in [0.15, 0.2) is 30.5 Å². The van der Waals surface area contributed by atoms with E-state index in [1.807, 2.05) is 24.3 Å². The molecule has 0 aliphatic carbocycles. The smallest absolute Gasteiger partial charge is 0.341 e. The summed E-state index contributed by atoms with van der Waals surface area (Å²) in [6, 6.07) is 7.72. The molecule has 20 heavy (non-hydrogen) atoms. The predicted octanol–water partition coefficient (Wildman–Crippen LogP) is 3.36. The van der Waals surface area contributed by atoms with Crippen molar-refractivity contribution in [2.24, 2.45) is 0 Å². The largest absolute Gasteiger partial charge is 0.462 e. The van der Waals surface area contributed by atoms with Crippen LogP contribution in [0.4, 0.5) is 0 Å². The fourth-order valence-electron chi connectivity index (χ4n) is 1.51. The van der Waals surface area contributed by atoms with E-state index in [9.17, 15) is 4.79 Å². The van der Waals surface area contributed by atoms with E-state index in [1.165, 1.54) is 6.20 Å². The van der Waals surface area contributed by atoms with E-state index < -0.39 is 5.97 Å². The lowest BCUT2D eigenvalue weighted by atomic mass is 10.2. The quantitative estimate of drug-likeness (QED) is 0.598. The standard InChI is InChI=1S/C14H13IN2O3/c1-3-19-13(18)12-8-16-14(17-9(12)2)20-11-6-4-10(15)5-7-11/h4-8H,3H2,1-2H3. The highest BCUT2D eigenvalue weighted by Gasteiger charge is 2.13. The van der Waals surface area contributed by atoms with Crippen LogP contribution in [-0.2, 0) is 4.74 Å². The van der Waals surface area contributed by atoms with E-state index in [4.69, 9.17) is 9.47 Å². The molecule has 6 heteroatoms. The highest BCUT2D eigenvalue weighted by Crippen LogP contribution is 2.20. The molecule has 0 N–H and O–H groups in total. The molecule has 0 saturated carbocycles. The van der Waals surface area contributed by atoms with Crippen LogP contribution in [0.1, 0.15) is 23.0 Å². The molecule has 0 amide bonds. The summed E-state index contributed by atoms with van der Waals surface area (Å²) in [4.78, 5) is 19.8. The van der Waals surface area contributed by atoms with Gasteiger partial charge in [0, 0.05) is 9.77 Å². The zero-order valence-electron chi connectivity index (χ0n) is 11.1. The first kappa shape index (κ1) is 14.7.